The van der Waals surface area contributed by atoms with Gasteiger partial charge in [0.05, 0.1) is 23.1 Å². The van der Waals surface area contributed by atoms with Crippen molar-refractivity contribution >= 4 is 40.7 Å². The van der Waals surface area contributed by atoms with Crippen molar-refractivity contribution in [2.24, 2.45) is 4.99 Å². The quantitative estimate of drug-likeness (QED) is 0.321. The molecule has 6 nitrogen and oxygen atoms in total. The molecule has 2 N–H and O–H groups in total. The number of hydrogen-bond acceptors (Lipinski definition) is 4. The minimum atomic E-state index is -1.01. The third kappa shape index (κ3) is 6.59. The molecule has 0 radical (unpaired) electrons. The Bertz CT molecular complexity index is 734. The Kier molecular flexibility index (Phi) is 10.0. The van der Waals surface area contributed by atoms with Crippen LogP contribution in [0.4, 0.5) is 0 Å². The van der Waals surface area contributed by atoms with Gasteiger partial charge in [-0.3, -0.25) is 14.1 Å². The van der Waals surface area contributed by atoms with Gasteiger partial charge >= 0.3 is 0 Å². The molecule has 1 aliphatic rings. The maximum Gasteiger partial charge on any atom is 0.191 e. The maximum atomic E-state index is 12.3. The molecule has 1 saturated heterocycles. The van der Waals surface area contributed by atoms with Crippen LogP contribution in [0.5, 0.6) is 0 Å². The van der Waals surface area contributed by atoms with E-state index in [9.17, 15) is 4.21 Å². The molecule has 0 aliphatic carbocycles. The van der Waals surface area contributed by atoms with Crippen LogP contribution in [0.1, 0.15) is 24.6 Å². The molecule has 3 rings (SSSR count). The number of nitrogens with zero attached hydrogens (tertiary/aromatic N) is 2. The van der Waals surface area contributed by atoms with Crippen LogP contribution in [-0.2, 0) is 10.8 Å². The highest BCUT2D eigenvalue weighted by Gasteiger charge is 2.25. The number of benzene rings is 1. The van der Waals surface area contributed by atoms with E-state index in [2.05, 4.69) is 20.5 Å². The minimum absolute atomic E-state index is 0. The summed E-state index contributed by atoms with van der Waals surface area (Å²) < 4.78 is 18.0. The Hall–Kier alpha value is -1.39. The largest absolute Gasteiger partial charge is 0.468 e. The highest BCUT2D eigenvalue weighted by molar-refractivity contribution is 14.0. The van der Waals surface area contributed by atoms with Crippen molar-refractivity contribution < 1.29 is 8.63 Å². The van der Waals surface area contributed by atoms with Crippen LogP contribution in [0.3, 0.4) is 0 Å². The summed E-state index contributed by atoms with van der Waals surface area (Å²) >= 11 is 0. The third-order valence-corrected chi connectivity index (χ3v) is 6.10. The van der Waals surface area contributed by atoms with Gasteiger partial charge in [0.1, 0.15) is 5.76 Å². The van der Waals surface area contributed by atoms with E-state index in [4.69, 9.17) is 4.42 Å². The van der Waals surface area contributed by atoms with E-state index in [0.29, 0.717) is 12.3 Å². The van der Waals surface area contributed by atoms with Gasteiger partial charge in [-0.25, -0.2) is 0 Å². The van der Waals surface area contributed by atoms with Crippen molar-refractivity contribution in [1.82, 2.24) is 15.5 Å². The topological polar surface area (TPSA) is 69.9 Å². The molecule has 0 amide bonds. The predicted molar refractivity (Wildman–Crippen MR) is 125 cm³/mol. The van der Waals surface area contributed by atoms with E-state index in [-0.39, 0.29) is 30.0 Å². The maximum absolute atomic E-state index is 12.3. The van der Waals surface area contributed by atoms with E-state index in [1.165, 1.54) is 12.8 Å². The summed E-state index contributed by atoms with van der Waals surface area (Å²) in [6, 6.07) is 13.7. The zero-order valence-electron chi connectivity index (χ0n) is 16.2. The smallest absolute Gasteiger partial charge is 0.191 e. The normalized spacial score (nSPS) is 17.0. The minimum Gasteiger partial charge on any atom is -0.468 e. The van der Waals surface area contributed by atoms with Gasteiger partial charge in [-0.2, -0.15) is 0 Å². The van der Waals surface area contributed by atoms with Crippen LogP contribution >= 0.6 is 24.0 Å². The molecule has 2 aromatic rings. The van der Waals surface area contributed by atoms with Gasteiger partial charge in [0.2, 0.25) is 0 Å². The zero-order valence-corrected chi connectivity index (χ0v) is 19.3. The average Bonchev–Trinajstić information content (AvgIpc) is 3.42. The van der Waals surface area contributed by atoms with Crippen molar-refractivity contribution in [3.63, 3.8) is 0 Å². The van der Waals surface area contributed by atoms with Gasteiger partial charge in [0, 0.05) is 30.8 Å². The van der Waals surface area contributed by atoms with Crippen LogP contribution < -0.4 is 10.6 Å². The monoisotopic (exact) mass is 516 g/mol. The second-order valence-electron chi connectivity index (χ2n) is 6.52. The molecule has 1 aromatic carbocycles. The van der Waals surface area contributed by atoms with Crippen molar-refractivity contribution in [2.75, 3.05) is 39.0 Å². The summed E-state index contributed by atoms with van der Waals surface area (Å²) in [6.45, 7) is 3.50. The molecule has 28 heavy (non-hydrogen) atoms. The Labute approximate surface area is 186 Å². The number of hydrogen-bond donors (Lipinski definition) is 2. The summed E-state index contributed by atoms with van der Waals surface area (Å²) in [5.74, 6) is 2.24. The Morgan fingerprint density at radius 3 is 2.57 bits per heavy atom. The standard InChI is InChI=1S/C20H28N4O2S.HI/c1-21-20(22-11-15-27(25)17-8-3-2-4-9-17)23-16-18(19-10-7-14-26-19)24-12-5-6-13-24;/h2-4,7-10,14,18H,5-6,11-13,15-16H2,1H3,(H2,21,22,23);1H. The summed E-state index contributed by atoms with van der Waals surface area (Å²) in [5, 5.41) is 6.64. The highest BCUT2D eigenvalue weighted by atomic mass is 127. The van der Waals surface area contributed by atoms with Crippen LogP contribution in [-0.4, -0.2) is 54.0 Å². The first-order valence-corrected chi connectivity index (χ1v) is 10.7. The van der Waals surface area contributed by atoms with E-state index in [1.807, 2.05) is 42.5 Å². The van der Waals surface area contributed by atoms with Crippen LogP contribution in [0.15, 0.2) is 63.0 Å². The molecule has 1 aliphatic heterocycles. The molecule has 2 heterocycles. The zero-order chi connectivity index (χ0) is 18.9. The van der Waals surface area contributed by atoms with E-state index < -0.39 is 10.8 Å². The summed E-state index contributed by atoms with van der Waals surface area (Å²) in [4.78, 5) is 7.59. The molecule has 0 spiro atoms. The Morgan fingerprint density at radius 2 is 1.93 bits per heavy atom. The highest BCUT2D eigenvalue weighted by Crippen LogP contribution is 2.24. The van der Waals surface area contributed by atoms with E-state index in [1.54, 1.807) is 13.3 Å². The molecular weight excluding hydrogens is 487 g/mol. The number of furan rings is 1. The summed E-state index contributed by atoms with van der Waals surface area (Å²) in [5.41, 5.74) is 0. The molecule has 0 saturated carbocycles. The second kappa shape index (κ2) is 12.2. The lowest BCUT2D eigenvalue weighted by molar-refractivity contribution is 0.215. The first kappa shape index (κ1) is 22.9. The molecule has 0 bridgehead atoms. The number of rotatable bonds is 8. The lowest BCUT2D eigenvalue weighted by atomic mass is 10.2. The number of halogens is 1. The third-order valence-electron chi connectivity index (χ3n) is 4.73. The fourth-order valence-corrected chi connectivity index (χ4v) is 4.29. The SMILES string of the molecule is CN=C(NCCS(=O)c1ccccc1)NCC(c1ccco1)N1CCCC1.I. The lowest BCUT2D eigenvalue weighted by Gasteiger charge is -2.26. The molecule has 8 heteroatoms. The molecule has 2 atom stereocenters. The molecule has 1 aromatic heterocycles. The van der Waals surface area contributed by atoms with Gasteiger partial charge in [0.15, 0.2) is 5.96 Å². The van der Waals surface area contributed by atoms with Crippen molar-refractivity contribution in [3.05, 3.63) is 54.5 Å². The summed E-state index contributed by atoms with van der Waals surface area (Å²) in [6.07, 6.45) is 4.19. The van der Waals surface area contributed by atoms with Gasteiger partial charge in [-0.05, 0) is 50.2 Å². The number of nitrogens with one attached hydrogen (secondary N) is 2. The first-order chi connectivity index (χ1) is 13.3. The fourth-order valence-electron chi connectivity index (χ4n) is 3.31. The van der Waals surface area contributed by atoms with Crippen molar-refractivity contribution in [2.45, 2.75) is 23.8 Å². The molecule has 154 valence electrons. The second-order valence-corrected chi connectivity index (χ2v) is 8.09. The Morgan fingerprint density at radius 1 is 1.18 bits per heavy atom. The van der Waals surface area contributed by atoms with E-state index >= 15 is 0 Å². The molecule has 2 unspecified atom stereocenters. The predicted octanol–water partition coefficient (Wildman–Crippen LogP) is 3.01. The summed E-state index contributed by atoms with van der Waals surface area (Å²) in [7, 11) is 0.742. The van der Waals surface area contributed by atoms with Gasteiger partial charge < -0.3 is 15.1 Å². The first-order valence-electron chi connectivity index (χ1n) is 9.43. The molecule has 1 fully saturated rings. The van der Waals surface area contributed by atoms with Crippen LogP contribution in [0, 0.1) is 0 Å². The fraction of sp³-hybridized carbons (Fsp3) is 0.450. The number of aliphatic imine (C=N–C) groups is 1. The number of likely N-dealkylation sites (tertiary alicyclic amines) is 1. The van der Waals surface area contributed by atoms with E-state index in [0.717, 1.165) is 36.2 Å². The average molecular weight is 516 g/mol. The van der Waals surface area contributed by atoms with Gasteiger partial charge in [0.25, 0.3) is 0 Å². The van der Waals surface area contributed by atoms with Crippen LogP contribution in [0.2, 0.25) is 0 Å². The van der Waals surface area contributed by atoms with Crippen molar-refractivity contribution in [1.29, 1.82) is 0 Å². The molecular formula is C20H29IN4O2S. The van der Waals surface area contributed by atoms with Gasteiger partial charge in [-0.1, -0.05) is 18.2 Å². The van der Waals surface area contributed by atoms with Gasteiger partial charge in [-0.15, -0.1) is 24.0 Å². The lowest BCUT2D eigenvalue weighted by Crippen LogP contribution is -2.43. The van der Waals surface area contributed by atoms with Crippen molar-refractivity contribution in [3.8, 4) is 0 Å². The Balaban J connectivity index is 0.00000280. The van der Waals surface area contributed by atoms with Crippen LogP contribution in [0.25, 0.3) is 0 Å². The number of guanidine groups is 1.